The molecule has 0 fully saturated rings. The second-order valence-electron chi connectivity index (χ2n) is 6.30. The molecule has 0 spiro atoms. The van der Waals surface area contributed by atoms with Gasteiger partial charge in [-0.3, -0.25) is 9.89 Å². The first-order chi connectivity index (χ1) is 13.2. The van der Waals surface area contributed by atoms with Crippen molar-refractivity contribution in [1.82, 2.24) is 15.5 Å². The largest absolute Gasteiger partial charge is 0.497 e. The molecule has 0 radical (unpaired) electrons. The molecule has 27 heavy (non-hydrogen) atoms. The quantitative estimate of drug-likeness (QED) is 0.526. The third kappa shape index (κ3) is 6.29. The molecule has 0 saturated carbocycles. The van der Waals surface area contributed by atoms with Crippen molar-refractivity contribution in [3.05, 3.63) is 65.7 Å². The summed E-state index contributed by atoms with van der Waals surface area (Å²) in [5, 5.41) is 6.87. The molecule has 5 nitrogen and oxygen atoms in total. The van der Waals surface area contributed by atoms with Gasteiger partial charge in [0.1, 0.15) is 5.75 Å². The number of likely N-dealkylation sites (N-methyl/N-ethyl adjacent to an activating group) is 1. The molecule has 5 heteroatoms. The van der Waals surface area contributed by atoms with Crippen molar-refractivity contribution in [2.24, 2.45) is 4.99 Å². The number of nitrogens with one attached hydrogen (secondary N) is 2. The van der Waals surface area contributed by atoms with Gasteiger partial charge in [-0.25, -0.2) is 0 Å². The van der Waals surface area contributed by atoms with Gasteiger partial charge < -0.3 is 15.4 Å². The minimum absolute atomic E-state index is 0.306. The van der Waals surface area contributed by atoms with E-state index in [9.17, 15) is 0 Å². The highest BCUT2D eigenvalue weighted by Gasteiger charge is 2.18. The molecule has 1 unspecified atom stereocenters. The van der Waals surface area contributed by atoms with E-state index in [1.165, 1.54) is 11.1 Å². The van der Waals surface area contributed by atoms with Gasteiger partial charge in [0.25, 0.3) is 0 Å². The fourth-order valence-electron chi connectivity index (χ4n) is 3.14. The van der Waals surface area contributed by atoms with Gasteiger partial charge in [0.2, 0.25) is 0 Å². The molecule has 2 N–H and O–H groups in total. The Balaban J connectivity index is 1.96. The number of aliphatic imine (C=N–C) groups is 1. The standard InChI is InChI=1S/C22H32N4O/c1-5-26(6-2)21(19-10-8-7-9-11-19)17-25-22(23-3)24-16-18-12-14-20(27-4)15-13-18/h7-15,21H,5-6,16-17H2,1-4H3,(H2,23,24,25). The number of nitrogens with zero attached hydrogens (tertiary/aromatic N) is 2. The van der Waals surface area contributed by atoms with Crippen molar-refractivity contribution >= 4 is 5.96 Å². The van der Waals surface area contributed by atoms with Crippen LogP contribution in [0.5, 0.6) is 5.75 Å². The van der Waals surface area contributed by atoms with E-state index in [4.69, 9.17) is 4.74 Å². The van der Waals surface area contributed by atoms with Gasteiger partial charge >= 0.3 is 0 Å². The number of rotatable bonds is 9. The molecule has 1 atom stereocenters. The molecule has 0 aliphatic heterocycles. The summed E-state index contributed by atoms with van der Waals surface area (Å²) in [6.45, 7) is 7.94. The average molecular weight is 369 g/mol. The molecule has 0 heterocycles. The third-order valence-corrected chi connectivity index (χ3v) is 4.74. The third-order valence-electron chi connectivity index (χ3n) is 4.74. The van der Waals surface area contributed by atoms with Crippen molar-refractivity contribution in [1.29, 1.82) is 0 Å². The molecule has 146 valence electrons. The second kappa shape index (κ2) is 11.2. The van der Waals surface area contributed by atoms with Crippen LogP contribution < -0.4 is 15.4 Å². The molecule has 0 amide bonds. The lowest BCUT2D eigenvalue weighted by Gasteiger charge is -2.30. The maximum Gasteiger partial charge on any atom is 0.191 e. The van der Waals surface area contributed by atoms with E-state index < -0.39 is 0 Å². The van der Waals surface area contributed by atoms with Crippen molar-refractivity contribution in [3.8, 4) is 5.75 Å². The summed E-state index contributed by atoms with van der Waals surface area (Å²) >= 11 is 0. The van der Waals surface area contributed by atoms with Crippen LogP contribution in [0.1, 0.15) is 31.0 Å². The van der Waals surface area contributed by atoms with E-state index in [-0.39, 0.29) is 0 Å². The van der Waals surface area contributed by atoms with Gasteiger partial charge in [-0.2, -0.15) is 0 Å². The first kappa shape index (κ1) is 20.8. The monoisotopic (exact) mass is 368 g/mol. The Hall–Kier alpha value is -2.53. The zero-order chi connectivity index (χ0) is 19.5. The molecule has 0 aromatic heterocycles. The van der Waals surface area contributed by atoms with Crippen molar-refractivity contribution in [2.45, 2.75) is 26.4 Å². The molecular weight excluding hydrogens is 336 g/mol. The lowest BCUT2D eigenvalue weighted by Crippen LogP contribution is -2.43. The molecule has 2 aromatic carbocycles. The van der Waals surface area contributed by atoms with Gasteiger partial charge in [0.05, 0.1) is 13.2 Å². The van der Waals surface area contributed by atoms with Crippen LogP contribution in [-0.2, 0) is 6.54 Å². The number of benzene rings is 2. The molecule has 0 aliphatic rings. The van der Waals surface area contributed by atoms with E-state index in [2.05, 4.69) is 76.8 Å². The van der Waals surface area contributed by atoms with Crippen molar-refractivity contribution in [3.63, 3.8) is 0 Å². The van der Waals surface area contributed by atoms with Gasteiger partial charge in [-0.15, -0.1) is 0 Å². The summed E-state index contributed by atoms with van der Waals surface area (Å²) in [5.41, 5.74) is 2.50. The minimum Gasteiger partial charge on any atom is -0.497 e. The number of guanidine groups is 1. The van der Waals surface area contributed by atoms with Crippen LogP contribution in [0.15, 0.2) is 59.6 Å². The Morgan fingerprint density at radius 3 is 2.22 bits per heavy atom. The normalized spacial score (nSPS) is 12.7. The first-order valence-electron chi connectivity index (χ1n) is 9.58. The molecular formula is C22H32N4O. The average Bonchev–Trinajstić information content (AvgIpc) is 2.74. The van der Waals surface area contributed by atoms with E-state index in [1.54, 1.807) is 14.2 Å². The number of hydrogen-bond donors (Lipinski definition) is 2. The summed E-state index contributed by atoms with van der Waals surface area (Å²) < 4.78 is 5.21. The summed E-state index contributed by atoms with van der Waals surface area (Å²) in [6.07, 6.45) is 0. The zero-order valence-corrected chi connectivity index (χ0v) is 16.9. The highest BCUT2D eigenvalue weighted by atomic mass is 16.5. The first-order valence-corrected chi connectivity index (χ1v) is 9.58. The van der Waals surface area contributed by atoms with E-state index in [1.807, 2.05) is 12.1 Å². The summed E-state index contributed by atoms with van der Waals surface area (Å²) in [6, 6.07) is 19.0. The van der Waals surface area contributed by atoms with Gasteiger partial charge in [0.15, 0.2) is 5.96 Å². The van der Waals surface area contributed by atoms with Gasteiger partial charge in [0, 0.05) is 20.1 Å². The maximum absolute atomic E-state index is 5.21. The Morgan fingerprint density at radius 1 is 1.00 bits per heavy atom. The smallest absolute Gasteiger partial charge is 0.191 e. The van der Waals surface area contributed by atoms with Crippen LogP contribution >= 0.6 is 0 Å². The van der Waals surface area contributed by atoms with Gasteiger partial charge in [-0.05, 0) is 36.3 Å². The highest BCUT2D eigenvalue weighted by Crippen LogP contribution is 2.19. The predicted molar refractivity (Wildman–Crippen MR) is 113 cm³/mol. The predicted octanol–water partition coefficient (Wildman–Crippen LogP) is 3.44. The van der Waals surface area contributed by atoms with Crippen LogP contribution in [0.4, 0.5) is 0 Å². The lowest BCUT2D eigenvalue weighted by molar-refractivity contribution is 0.219. The molecule has 0 aliphatic carbocycles. The Bertz CT molecular complexity index is 681. The van der Waals surface area contributed by atoms with Crippen molar-refractivity contribution < 1.29 is 4.74 Å². The van der Waals surface area contributed by atoms with E-state index in [0.717, 1.165) is 31.3 Å². The van der Waals surface area contributed by atoms with Crippen LogP contribution in [-0.4, -0.2) is 44.7 Å². The van der Waals surface area contributed by atoms with Crippen LogP contribution in [0.3, 0.4) is 0 Å². The molecule has 0 bridgehead atoms. The Labute approximate surface area is 163 Å². The van der Waals surface area contributed by atoms with E-state index >= 15 is 0 Å². The maximum atomic E-state index is 5.21. The lowest BCUT2D eigenvalue weighted by atomic mass is 10.1. The molecule has 2 aromatic rings. The number of methoxy groups -OCH3 is 1. The second-order valence-corrected chi connectivity index (χ2v) is 6.30. The summed E-state index contributed by atoms with van der Waals surface area (Å²) in [7, 11) is 3.48. The summed E-state index contributed by atoms with van der Waals surface area (Å²) in [4.78, 5) is 6.82. The van der Waals surface area contributed by atoms with Crippen LogP contribution in [0.2, 0.25) is 0 Å². The SMILES string of the molecule is CCN(CC)C(CNC(=NC)NCc1ccc(OC)cc1)c1ccccc1. The zero-order valence-electron chi connectivity index (χ0n) is 16.9. The number of hydrogen-bond acceptors (Lipinski definition) is 3. The molecule has 2 rings (SSSR count). The minimum atomic E-state index is 0.306. The number of ether oxygens (including phenoxy) is 1. The van der Waals surface area contributed by atoms with Crippen molar-refractivity contribution in [2.75, 3.05) is 33.8 Å². The fourth-order valence-corrected chi connectivity index (χ4v) is 3.14. The Morgan fingerprint density at radius 2 is 1.67 bits per heavy atom. The fraction of sp³-hybridized carbons (Fsp3) is 0.409. The Kier molecular flexibility index (Phi) is 8.65. The summed E-state index contributed by atoms with van der Waals surface area (Å²) in [5.74, 6) is 1.67. The topological polar surface area (TPSA) is 48.9 Å². The highest BCUT2D eigenvalue weighted by molar-refractivity contribution is 5.79. The molecule has 0 saturated heterocycles. The van der Waals surface area contributed by atoms with Gasteiger partial charge in [-0.1, -0.05) is 56.3 Å². The van der Waals surface area contributed by atoms with E-state index in [0.29, 0.717) is 12.6 Å². The van der Waals surface area contributed by atoms with Crippen LogP contribution in [0, 0.1) is 0 Å². The van der Waals surface area contributed by atoms with Crippen LogP contribution in [0.25, 0.3) is 0 Å².